The fraction of sp³-hybridized carbons (Fsp3) is 0.149. The maximum atomic E-state index is 2.59. The third-order valence-corrected chi connectivity index (χ3v) is 11.3. The van der Waals surface area contributed by atoms with Crippen molar-refractivity contribution < 1.29 is 0 Å². The first-order chi connectivity index (χ1) is 23.2. The zero-order valence-corrected chi connectivity index (χ0v) is 29.0. The lowest BCUT2D eigenvalue weighted by Gasteiger charge is -2.32. The summed E-state index contributed by atoms with van der Waals surface area (Å²) in [5.41, 5.74) is 21.7. The SMILES string of the molecule is Cc1cc(C)c(B2c3ccccc3-c3cc(-c4c(C)cccc4C)c4ccc5ccc(-c6c(C)cccc6C)c6cc2c3c4c56)c(C)c1. The number of hydrogen-bond donors (Lipinski definition) is 0. The van der Waals surface area contributed by atoms with Crippen LogP contribution in [0, 0.1) is 48.5 Å². The van der Waals surface area contributed by atoms with Gasteiger partial charge in [0.05, 0.1) is 0 Å². The smallest absolute Gasteiger partial charge is 0.0664 e. The normalized spacial score (nSPS) is 12.4. The Bertz CT molecular complexity index is 2570. The van der Waals surface area contributed by atoms with Crippen LogP contribution >= 0.6 is 0 Å². The van der Waals surface area contributed by atoms with E-state index in [1.165, 1.54) is 121 Å². The van der Waals surface area contributed by atoms with E-state index in [0.717, 1.165) is 0 Å². The fourth-order valence-electron chi connectivity index (χ4n) is 9.50. The molecule has 0 saturated carbocycles. The second-order valence-electron chi connectivity index (χ2n) is 14.4. The molecule has 0 N–H and O–H groups in total. The van der Waals surface area contributed by atoms with Gasteiger partial charge in [-0.1, -0.05) is 136 Å². The molecule has 0 radical (unpaired) electrons. The van der Waals surface area contributed by atoms with Crippen molar-refractivity contribution in [3.8, 4) is 33.4 Å². The van der Waals surface area contributed by atoms with Crippen molar-refractivity contribution >= 4 is 55.4 Å². The summed E-state index contributed by atoms with van der Waals surface area (Å²) in [7, 11) is 0. The first-order valence-corrected chi connectivity index (χ1v) is 17.3. The Morgan fingerprint density at radius 1 is 0.375 bits per heavy atom. The molecular weight excluding hydrogens is 575 g/mol. The molecule has 0 aromatic heterocycles. The van der Waals surface area contributed by atoms with Crippen molar-refractivity contribution in [2.45, 2.75) is 48.5 Å². The van der Waals surface area contributed by atoms with Crippen LogP contribution in [0.25, 0.3) is 65.7 Å². The van der Waals surface area contributed by atoms with Gasteiger partial charge in [0.2, 0.25) is 6.71 Å². The van der Waals surface area contributed by atoms with Crippen molar-refractivity contribution in [1.82, 2.24) is 0 Å². The van der Waals surface area contributed by atoms with E-state index < -0.39 is 0 Å². The molecule has 1 aliphatic heterocycles. The van der Waals surface area contributed by atoms with Gasteiger partial charge < -0.3 is 0 Å². The van der Waals surface area contributed by atoms with E-state index in [4.69, 9.17) is 0 Å². The van der Waals surface area contributed by atoms with Gasteiger partial charge in [-0.25, -0.2) is 0 Å². The maximum Gasteiger partial charge on any atom is 0.243 e. The minimum absolute atomic E-state index is 0.137. The molecule has 0 unspecified atom stereocenters. The molecule has 0 aliphatic carbocycles. The van der Waals surface area contributed by atoms with E-state index in [9.17, 15) is 0 Å². The van der Waals surface area contributed by atoms with Crippen molar-refractivity contribution in [3.05, 3.63) is 148 Å². The third kappa shape index (κ3) is 3.97. The molecule has 1 heteroatoms. The first-order valence-electron chi connectivity index (χ1n) is 17.3. The summed E-state index contributed by atoms with van der Waals surface area (Å²) in [6, 6.07) is 42.0. The van der Waals surface area contributed by atoms with Crippen LogP contribution in [-0.2, 0) is 0 Å². The molecule has 0 atom stereocenters. The topological polar surface area (TPSA) is 0 Å². The molecule has 8 aromatic rings. The molecule has 0 fully saturated rings. The number of aryl methyl sites for hydroxylation is 7. The van der Waals surface area contributed by atoms with Crippen LogP contribution < -0.4 is 16.4 Å². The monoisotopic (exact) mass is 614 g/mol. The zero-order valence-electron chi connectivity index (χ0n) is 29.0. The summed E-state index contributed by atoms with van der Waals surface area (Å²) in [5, 5.41) is 8.22. The summed E-state index contributed by atoms with van der Waals surface area (Å²) in [6.45, 7) is 16.0. The summed E-state index contributed by atoms with van der Waals surface area (Å²) >= 11 is 0. The highest BCUT2D eigenvalue weighted by atomic mass is 14.3. The van der Waals surface area contributed by atoms with E-state index in [1.807, 2.05) is 0 Å². The van der Waals surface area contributed by atoms with Gasteiger partial charge in [-0.2, -0.15) is 0 Å². The molecule has 48 heavy (non-hydrogen) atoms. The van der Waals surface area contributed by atoms with Crippen LogP contribution in [0.1, 0.15) is 38.9 Å². The molecule has 0 amide bonds. The molecular formula is C47H39B. The average Bonchev–Trinajstić information content (AvgIpc) is 3.05. The van der Waals surface area contributed by atoms with E-state index in [0.29, 0.717) is 0 Å². The average molecular weight is 615 g/mol. The van der Waals surface area contributed by atoms with Gasteiger partial charge >= 0.3 is 0 Å². The lowest BCUT2D eigenvalue weighted by molar-refractivity contribution is 1.35. The minimum Gasteiger partial charge on any atom is -0.0664 e. The molecule has 0 bridgehead atoms. The highest BCUT2D eigenvalue weighted by Gasteiger charge is 2.36. The maximum absolute atomic E-state index is 2.59. The Morgan fingerprint density at radius 2 is 0.979 bits per heavy atom. The first kappa shape index (κ1) is 29.0. The number of rotatable bonds is 3. The Labute approximate surface area is 284 Å². The highest BCUT2D eigenvalue weighted by molar-refractivity contribution is 6.99. The van der Waals surface area contributed by atoms with E-state index in [2.05, 4.69) is 158 Å². The van der Waals surface area contributed by atoms with Crippen LogP contribution in [0.15, 0.2) is 109 Å². The summed E-state index contributed by atoms with van der Waals surface area (Å²) in [6.07, 6.45) is 0. The molecule has 0 nitrogen and oxygen atoms in total. The van der Waals surface area contributed by atoms with E-state index >= 15 is 0 Å². The molecule has 0 saturated heterocycles. The van der Waals surface area contributed by atoms with Crippen molar-refractivity contribution in [2.24, 2.45) is 0 Å². The quantitative estimate of drug-likeness (QED) is 0.137. The Kier molecular flexibility index (Phi) is 6.31. The number of hydrogen-bond acceptors (Lipinski definition) is 0. The zero-order chi connectivity index (χ0) is 33.0. The molecule has 1 heterocycles. The molecule has 230 valence electrons. The Hall–Kier alpha value is -5.14. The molecule has 8 aromatic carbocycles. The van der Waals surface area contributed by atoms with Gasteiger partial charge in [0.1, 0.15) is 0 Å². The summed E-state index contributed by atoms with van der Waals surface area (Å²) < 4.78 is 0. The van der Waals surface area contributed by atoms with Crippen LogP contribution in [0.2, 0.25) is 0 Å². The lowest BCUT2D eigenvalue weighted by Crippen LogP contribution is -2.56. The third-order valence-electron chi connectivity index (χ3n) is 11.3. The predicted molar refractivity (Wildman–Crippen MR) is 211 cm³/mol. The van der Waals surface area contributed by atoms with Crippen molar-refractivity contribution in [2.75, 3.05) is 0 Å². The Morgan fingerprint density at radius 3 is 1.65 bits per heavy atom. The van der Waals surface area contributed by atoms with Crippen LogP contribution in [-0.4, -0.2) is 6.71 Å². The summed E-state index contributed by atoms with van der Waals surface area (Å²) in [5.74, 6) is 0. The van der Waals surface area contributed by atoms with Gasteiger partial charge in [0.25, 0.3) is 0 Å². The van der Waals surface area contributed by atoms with Gasteiger partial charge in [0.15, 0.2) is 0 Å². The van der Waals surface area contributed by atoms with E-state index in [-0.39, 0.29) is 6.71 Å². The lowest BCUT2D eigenvalue weighted by atomic mass is 9.32. The summed E-state index contributed by atoms with van der Waals surface area (Å²) in [4.78, 5) is 0. The molecule has 1 aliphatic rings. The minimum atomic E-state index is 0.137. The van der Waals surface area contributed by atoms with Gasteiger partial charge in [-0.05, 0) is 142 Å². The van der Waals surface area contributed by atoms with Crippen LogP contribution in [0.3, 0.4) is 0 Å². The Balaban J connectivity index is 1.55. The second-order valence-corrected chi connectivity index (χ2v) is 14.4. The fourth-order valence-corrected chi connectivity index (χ4v) is 9.50. The largest absolute Gasteiger partial charge is 0.243 e. The van der Waals surface area contributed by atoms with Crippen LogP contribution in [0.5, 0.6) is 0 Å². The molecule has 9 rings (SSSR count). The van der Waals surface area contributed by atoms with Gasteiger partial charge in [-0.3, -0.25) is 0 Å². The number of fused-ring (bicyclic) bond motifs is 2. The second kappa shape index (κ2) is 10.4. The van der Waals surface area contributed by atoms with Gasteiger partial charge in [0, 0.05) is 0 Å². The van der Waals surface area contributed by atoms with Crippen molar-refractivity contribution in [3.63, 3.8) is 0 Å². The van der Waals surface area contributed by atoms with Crippen LogP contribution in [0.4, 0.5) is 0 Å². The highest BCUT2D eigenvalue weighted by Crippen LogP contribution is 2.47. The van der Waals surface area contributed by atoms with E-state index in [1.54, 1.807) is 0 Å². The predicted octanol–water partition coefficient (Wildman–Crippen LogP) is 10.6. The van der Waals surface area contributed by atoms with Gasteiger partial charge in [-0.15, -0.1) is 0 Å². The standard InChI is InChI=1S/C47H39B/c1-26-22-31(6)47(32(7)23-26)48-40-17-9-8-16-34(40)37-24-38(43-29(4)14-11-15-30(43)5)36-21-19-33-18-20-35(42-27(2)12-10-13-28(42)3)39-25-41(48)45(37)46(36)44(33)39/h8-25H,1-7H3. The van der Waals surface area contributed by atoms with Crippen molar-refractivity contribution in [1.29, 1.82) is 0 Å². The number of benzene rings is 8. The molecule has 0 spiro atoms.